The third-order valence-corrected chi connectivity index (χ3v) is 4.81. The summed E-state index contributed by atoms with van der Waals surface area (Å²) in [5, 5.41) is 9.32. The number of hydrogen-bond acceptors (Lipinski definition) is 5. The van der Waals surface area contributed by atoms with E-state index in [1.54, 1.807) is 0 Å². The molecule has 0 aliphatic carbocycles. The van der Waals surface area contributed by atoms with E-state index in [0.717, 1.165) is 38.2 Å². The molecule has 7 heteroatoms. The summed E-state index contributed by atoms with van der Waals surface area (Å²) in [4.78, 5) is 26.4. The third-order valence-electron chi connectivity index (χ3n) is 4.81. The molecule has 0 radical (unpaired) electrons. The molecule has 1 aromatic carbocycles. The molecule has 2 heterocycles. The van der Waals surface area contributed by atoms with E-state index in [4.69, 9.17) is 4.74 Å². The lowest BCUT2D eigenvalue weighted by Gasteiger charge is -2.32. The molecule has 0 bridgehead atoms. The lowest BCUT2D eigenvalue weighted by molar-refractivity contribution is -0.123. The van der Waals surface area contributed by atoms with Crippen LogP contribution in [0.3, 0.4) is 0 Å². The zero-order valence-electron chi connectivity index (χ0n) is 15.1. The maximum atomic E-state index is 12.2. The summed E-state index contributed by atoms with van der Waals surface area (Å²) in [5.74, 6) is 0.0790. The molecule has 2 aliphatic heterocycles. The van der Waals surface area contributed by atoms with Crippen LogP contribution in [0, 0.1) is 0 Å². The molecule has 2 saturated heterocycles. The number of piperidine rings is 1. The molecule has 0 spiro atoms. The minimum Gasteiger partial charge on any atom is -0.378 e. The highest BCUT2D eigenvalue weighted by Crippen LogP contribution is 2.12. The molecule has 2 fully saturated rings. The molecule has 3 rings (SSSR count). The lowest BCUT2D eigenvalue weighted by Crippen LogP contribution is -2.49. The average molecular weight is 360 g/mol. The van der Waals surface area contributed by atoms with Gasteiger partial charge in [-0.3, -0.25) is 14.5 Å². The maximum Gasteiger partial charge on any atom is 0.238 e. The van der Waals surface area contributed by atoms with E-state index in [1.165, 1.54) is 0 Å². The Balaban J connectivity index is 1.33. The number of rotatable bonds is 6. The zero-order chi connectivity index (χ0) is 18.2. The van der Waals surface area contributed by atoms with E-state index in [9.17, 15) is 9.59 Å². The monoisotopic (exact) mass is 360 g/mol. The molecule has 2 amide bonds. The van der Waals surface area contributed by atoms with Gasteiger partial charge in [0.1, 0.15) is 0 Å². The van der Waals surface area contributed by atoms with Crippen molar-refractivity contribution < 1.29 is 14.3 Å². The Morgan fingerprint density at radius 1 is 1.15 bits per heavy atom. The minimum atomic E-state index is 0.00191. The van der Waals surface area contributed by atoms with E-state index in [2.05, 4.69) is 20.9 Å². The van der Waals surface area contributed by atoms with Crippen molar-refractivity contribution in [3.8, 4) is 0 Å². The summed E-state index contributed by atoms with van der Waals surface area (Å²) >= 11 is 0. The Morgan fingerprint density at radius 3 is 2.62 bits per heavy atom. The van der Waals surface area contributed by atoms with Gasteiger partial charge in [0.15, 0.2) is 0 Å². The summed E-state index contributed by atoms with van der Waals surface area (Å²) < 4.78 is 5.38. The number of ether oxygens (including phenoxy) is 1. The minimum absolute atomic E-state index is 0.00191. The van der Waals surface area contributed by atoms with Gasteiger partial charge in [-0.05, 0) is 25.0 Å². The van der Waals surface area contributed by atoms with Gasteiger partial charge in [-0.25, -0.2) is 0 Å². The third kappa shape index (κ3) is 6.09. The molecule has 142 valence electrons. The van der Waals surface area contributed by atoms with Crippen molar-refractivity contribution in [2.75, 3.05) is 44.7 Å². The van der Waals surface area contributed by atoms with Crippen LogP contribution in [-0.2, 0) is 14.3 Å². The number of para-hydroxylation sites is 1. The average Bonchev–Trinajstić information content (AvgIpc) is 2.65. The molecule has 26 heavy (non-hydrogen) atoms. The van der Waals surface area contributed by atoms with Gasteiger partial charge in [-0.15, -0.1) is 0 Å². The van der Waals surface area contributed by atoms with E-state index in [1.807, 2.05) is 30.3 Å². The highest BCUT2D eigenvalue weighted by molar-refractivity contribution is 5.92. The van der Waals surface area contributed by atoms with Gasteiger partial charge in [0.25, 0.3) is 0 Å². The molecule has 1 atom stereocenters. The molecule has 1 unspecified atom stereocenters. The largest absolute Gasteiger partial charge is 0.378 e. The second-order valence-corrected chi connectivity index (χ2v) is 6.96. The first-order chi connectivity index (χ1) is 12.7. The van der Waals surface area contributed by atoms with Crippen LogP contribution in [0.15, 0.2) is 30.3 Å². The van der Waals surface area contributed by atoms with Crippen LogP contribution in [0.25, 0.3) is 0 Å². The summed E-state index contributed by atoms with van der Waals surface area (Å²) in [6.45, 7) is 4.15. The van der Waals surface area contributed by atoms with Crippen LogP contribution in [-0.4, -0.2) is 68.2 Å². The van der Waals surface area contributed by atoms with Crippen molar-refractivity contribution >= 4 is 17.5 Å². The van der Waals surface area contributed by atoms with Crippen molar-refractivity contribution in [2.45, 2.75) is 31.3 Å². The van der Waals surface area contributed by atoms with Crippen LogP contribution in [0.2, 0.25) is 0 Å². The van der Waals surface area contributed by atoms with E-state index < -0.39 is 0 Å². The van der Waals surface area contributed by atoms with Crippen molar-refractivity contribution in [2.24, 2.45) is 0 Å². The van der Waals surface area contributed by atoms with Crippen molar-refractivity contribution in [3.05, 3.63) is 30.3 Å². The number of benzene rings is 1. The first kappa shape index (κ1) is 18.8. The van der Waals surface area contributed by atoms with Gasteiger partial charge in [-0.1, -0.05) is 18.2 Å². The van der Waals surface area contributed by atoms with E-state index >= 15 is 0 Å². The normalized spacial score (nSPS) is 21.9. The topological polar surface area (TPSA) is 82.7 Å². The second kappa shape index (κ2) is 9.66. The number of carbonyl (C=O) groups excluding carboxylic acids is 2. The fourth-order valence-corrected chi connectivity index (χ4v) is 3.42. The van der Waals surface area contributed by atoms with Crippen LogP contribution in [0.5, 0.6) is 0 Å². The van der Waals surface area contributed by atoms with Crippen LogP contribution in [0.1, 0.15) is 19.3 Å². The van der Waals surface area contributed by atoms with Crippen LogP contribution in [0.4, 0.5) is 5.69 Å². The molecule has 0 aromatic heterocycles. The number of nitrogens with one attached hydrogen (secondary N) is 3. The van der Waals surface area contributed by atoms with Crippen LogP contribution >= 0.6 is 0 Å². The molecule has 1 aromatic rings. The molecule has 2 aliphatic rings. The number of hydrogen-bond donors (Lipinski definition) is 3. The van der Waals surface area contributed by atoms with Crippen molar-refractivity contribution in [3.63, 3.8) is 0 Å². The van der Waals surface area contributed by atoms with Crippen LogP contribution < -0.4 is 16.0 Å². The highest BCUT2D eigenvalue weighted by atomic mass is 16.5. The lowest BCUT2D eigenvalue weighted by atomic mass is 10.0. The smallest absolute Gasteiger partial charge is 0.238 e. The molecular weight excluding hydrogens is 332 g/mol. The number of carbonyl (C=O) groups is 2. The van der Waals surface area contributed by atoms with Gasteiger partial charge >= 0.3 is 0 Å². The van der Waals surface area contributed by atoms with Gasteiger partial charge in [0, 0.05) is 43.8 Å². The Labute approximate surface area is 154 Å². The molecule has 3 N–H and O–H groups in total. The Hall–Kier alpha value is -1.96. The van der Waals surface area contributed by atoms with E-state index in [0.29, 0.717) is 26.2 Å². The van der Waals surface area contributed by atoms with Crippen molar-refractivity contribution in [1.29, 1.82) is 0 Å². The summed E-state index contributed by atoms with van der Waals surface area (Å²) in [5.41, 5.74) is 0.819. The molecular formula is C19H28N4O3. The highest BCUT2D eigenvalue weighted by Gasteiger charge is 2.23. The second-order valence-electron chi connectivity index (χ2n) is 6.96. The fraction of sp³-hybridized carbons (Fsp3) is 0.579. The Kier molecular flexibility index (Phi) is 6.99. The quantitative estimate of drug-likeness (QED) is 0.691. The molecule has 7 nitrogen and oxygen atoms in total. The maximum absolute atomic E-state index is 12.2. The number of amides is 2. The standard InChI is InChI=1S/C19H28N4O3/c24-18(12-17-14-26-11-8-20-17)21-16-6-9-23(10-7-16)13-19(25)22-15-4-2-1-3-5-15/h1-5,16-17,20H,6-14H2,(H,21,24)(H,22,25). The van der Waals surface area contributed by atoms with Gasteiger partial charge in [0.2, 0.25) is 11.8 Å². The SMILES string of the molecule is O=C(CN1CCC(NC(=O)CC2COCCN2)CC1)Nc1ccccc1. The van der Waals surface area contributed by atoms with Gasteiger partial charge in [-0.2, -0.15) is 0 Å². The predicted octanol–water partition coefficient (Wildman–Crippen LogP) is 0.584. The summed E-state index contributed by atoms with van der Waals surface area (Å²) in [6, 6.07) is 9.80. The number of anilines is 1. The number of morpholine rings is 1. The first-order valence-corrected chi connectivity index (χ1v) is 9.37. The molecule has 0 saturated carbocycles. The van der Waals surface area contributed by atoms with Gasteiger partial charge < -0.3 is 20.7 Å². The summed E-state index contributed by atoms with van der Waals surface area (Å²) in [6.07, 6.45) is 2.21. The van der Waals surface area contributed by atoms with Gasteiger partial charge in [0.05, 0.1) is 19.8 Å². The summed E-state index contributed by atoms with van der Waals surface area (Å²) in [7, 11) is 0. The Morgan fingerprint density at radius 2 is 1.92 bits per heavy atom. The predicted molar refractivity (Wildman–Crippen MR) is 99.9 cm³/mol. The number of nitrogens with zero attached hydrogens (tertiary/aromatic N) is 1. The van der Waals surface area contributed by atoms with Crippen molar-refractivity contribution in [1.82, 2.24) is 15.5 Å². The number of likely N-dealkylation sites (tertiary alicyclic amines) is 1. The Bertz CT molecular complexity index is 582. The first-order valence-electron chi connectivity index (χ1n) is 9.37. The van der Waals surface area contributed by atoms with E-state index in [-0.39, 0.29) is 23.9 Å². The zero-order valence-corrected chi connectivity index (χ0v) is 15.1. The fourth-order valence-electron chi connectivity index (χ4n) is 3.42.